The molecule has 0 amide bonds. The van der Waals surface area contributed by atoms with Crippen molar-refractivity contribution in [3.05, 3.63) is 0 Å². The van der Waals surface area contributed by atoms with Crippen molar-refractivity contribution in [2.75, 3.05) is 24.6 Å². The van der Waals surface area contributed by atoms with Crippen LogP contribution in [0.2, 0.25) is 0 Å². The van der Waals surface area contributed by atoms with Gasteiger partial charge in [0.05, 0.1) is 24.6 Å². The van der Waals surface area contributed by atoms with Gasteiger partial charge in [-0.2, -0.15) is 0 Å². The molecule has 0 nitrogen and oxygen atoms in total. The van der Waals surface area contributed by atoms with E-state index in [1.54, 1.807) is 18.5 Å². The van der Waals surface area contributed by atoms with Crippen molar-refractivity contribution in [1.29, 1.82) is 0 Å². The van der Waals surface area contributed by atoms with E-state index in [-0.39, 0.29) is 12.4 Å². The van der Waals surface area contributed by atoms with Gasteiger partial charge in [0, 0.05) is 7.26 Å². The third-order valence-electron chi connectivity index (χ3n) is 7.40. The second-order valence-corrected chi connectivity index (χ2v) is 15.6. The van der Waals surface area contributed by atoms with Gasteiger partial charge in [0.15, 0.2) is 0 Å². The van der Waals surface area contributed by atoms with Crippen LogP contribution in [0.3, 0.4) is 0 Å². The summed E-state index contributed by atoms with van der Waals surface area (Å²) in [7, 11) is -0.681. The van der Waals surface area contributed by atoms with E-state index >= 15 is 0 Å². The molecule has 32 heavy (non-hydrogen) atoms. The molecule has 0 unspecified atom stereocenters. The molecule has 0 aliphatic carbocycles. The zero-order valence-electron chi connectivity index (χ0n) is 23.4. The molecule has 196 valence electrons. The maximum atomic E-state index is 2.53. The van der Waals surface area contributed by atoms with Gasteiger partial charge >= 0.3 is 0 Å². The van der Waals surface area contributed by atoms with Gasteiger partial charge in [-0.1, -0.05) is 130 Å². The lowest BCUT2D eigenvalue weighted by atomic mass is 10.1. The molecule has 0 heterocycles. The Labute approximate surface area is 213 Å². The fourth-order valence-corrected chi connectivity index (χ4v) is 10.2. The minimum Gasteiger partial charge on any atom is -1.00 e. The van der Waals surface area contributed by atoms with Crippen molar-refractivity contribution in [3.63, 3.8) is 0 Å². The summed E-state index contributed by atoms with van der Waals surface area (Å²) in [5.74, 6) is 0.902. The average molecular weight is 491 g/mol. The van der Waals surface area contributed by atoms with Gasteiger partial charge in [0.1, 0.15) is 0 Å². The molecule has 0 radical (unpaired) electrons. The van der Waals surface area contributed by atoms with Crippen LogP contribution in [-0.2, 0) is 0 Å². The van der Waals surface area contributed by atoms with Crippen molar-refractivity contribution >= 4 is 7.26 Å². The first-order valence-electron chi connectivity index (χ1n) is 14.9. The van der Waals surface area contributed by atoms with Gasteiger partial charge in [-0.25, -0.2) is 0 Å². The van der Waals surface area contributed by atoms with Crippen molar-refractivity contribution in [1.82, 2.24) is 0 Å². The molecule has 0 fully saturated rings. The Kier molecular flexibility index (Phi) is 28.7. The Hall–Kier alpha value is 0.720. The summed E-state index contributed by atoms with van der Waals surface area (Å²) in [5.41, 5.74) is 0. The van der Waals surface area contributed by atoms with Crippen molar-refractivity contribution in [2.45, 2.75) is 163 Å². The minimum absolute atomic E-state index is 0. The highest BCUT2D eigenvalue weighted by Crippen LogP contribution is 2.61. The van der Waals surface area contributed by atoms with Crippen molar-refractivity contribution in [2.24, 2.45) is 5.92 Å². The summed E-state index contributed by atoms with van der Waals surface area (Å²) in [6, 6.07) is 0. The first kappa shape index (κ1) is 34.9. The van der Waals surface area contributed by atoms with Crippen LogP contribution in [0.15, 0.2) is 0 Å². The number of hydrogen-bond donors (Lipinski definition) is 0. The molecule has 0 bridgehead atoms. The summed E-state index contributed by atoms with van der Waals surface area (Å²) in [6.45, 7) is 12.1. The highest BCUT2D eigenvalue weighted by atomic mass is 35.5. The van der Waals surface area contributed by atoms with E-state index in [0.717, 1.165) is 5.92 Å². The third kappa shape index (κ3) is 22.5. The van der Waals surface area contributed by atoms with Gasteiger partial charge in [-0.05, 0) is 38.5 Å². The van der Waals surface area contributed by atoms with Crippen LogP contribution < -0.4 is 12.4 Å². The van der Waals surface area contributed by atoms with E-state index in [9.17, 15) is 0 Å². The molecule has 0 aliphatic rings. The Bertz CT molecular complexity index is 318. The molecule has 0 saturated carbocycles. The standard InChI is InChI=1S/C30H64P.ClH/c1-6-9-11-13-15-17-19-21-23-25-27-31(8-3,29-30(4)5)28-26-24-22-20-18-16-14-12-10-7-2;/h30H,6-29H2,1-5H3;1H/q+1;/p-1. The van der Waals surface area contributed by atoms with E-state index < -0.39 is 7.26 Å². The maximum absolute atomic E-state index is 2.53. The smallest absolute Gasteiger partial charge is 0.0617 e. The first-order valence-corrected chi connectivity index (χ1v) is 17.5. The summed E-state index contributed by atoms with van der Waals surface area (Å²) < 4.78 is 0. The Morgan fingerprint density at radius 1 is 0.438 bits per heavy atom. The molecule has 0 spiro atoms. The van der Waals surface area contributed by atoms with Crippen LogP contribution in [0.5, 0.6) is 0 Å². The molecule has 0 aromatic carbocycles. The second-order valence-electron chi connectivity index (χ2n) is 11.0. The van der Waals surface area contributed by atoms with Gasteiger partial charge in [0.2, 0.25) is 0 Å². The Morgan fingerprint density at radius 2 is 0.719 bits per heavy atom. The number of halogens is 1. The lowest BCUT2D eigenvalue weighted by molar-refractivity contribution is -0.00000728. The molecule has 2 heteroatoms. The lowest BCUT2D eigenvalue weighted by Gasteiger charge is -2.28. The molecular formula is C30H64ClP. The van der Waals surface area contributed by atoms with Gasteiger partial charge in [-0.15, -0.1) is 0 Å². The monoisotopic (exact) mass is 490 g/mol. The Balaban J connectivity index is 0. The third-order valence-corrected chi connectivity index (χ3v) is 12.8. The number of rotatable bonds is 25. The summed E-state index contributed by atoms with van der Waals surface area (Å²) >= 11 is 0. The van der Waals surface area contributed by atoms with E-state index in [4.69, 9.17) is 0 Å². The van der Waals surface area contributed by atoms with E-state index in [1.807, 2.05) is 0 Å². The molecule has 0 aromatic heterocycles. The normalized spacial score (nSPS) is 11.8. The van der Waals surface area contributed by atoms with Gasteiger partial charge < -0.3 is 12.4 Å². The minimum atomic E-state index is -0.681. The number of hydrogen-bond acceptors (Lipinski definition) is 0. The molecule has 0 N–H and O–H groups in total. The molecule has 0 atom stereocenters. The van der Waals surface area contributed by atoms with E-state index in [2.05, 4.69) is 34.6 Å². The van der Waals surface area contributed by atoms with Crippen LogP contribution in [-0.4, -0.2) is 24.6 Å². The molecule has 0 saturated heterocycles. The number of unbranched alkanes of at least 4 members (excludes halogenated alkanes) is 18. The lowest BCUT2D eigenvalue weighted by Crippen LogP contribution is -3.00. The van der Waals surface area contributed by atoms with E-state index in [0.29, 0.717) is 0 Å². The summed E-state index contributed by atoms with van der Waals surface area (Å²) in [5, 5.41) is 0. The second kappa shape index (κ2) is 26.3. The van der Waals surface area contributed by atoms with Crippen LogP contribution in [0.4, 0.5) is 0 Å². The maximum Gasteiger partial charge on any atom is 0.0617 e. The molecule has 0 aliphatic heterocycles. The fourth-order valence-electron chi connectivity index (χ4n) is 5.38. The largest absolute Gasteiger partial charge is 1.00 e. The topological polar surface area (TPSA) is 0 Å². The van der Waals surface area contributed by atoms with Crippen LogP contribution in [0.25, 0.3) is 0 Å². The van der Waals surface area contributed by atoms with Crippen molar-refractivity contribution in [3.8, 4) is 0 Å². The van der Waals surface area contributed by atoms with E-state index in [1.165, 1.54) is 135 Å². The van der Waals surface area contributed by atoms with Gasteiger partial charge in [-0.3, -0.25) is 0 Å². The zero-order chi connectivity index (χ0) is 23.0. The predicted octanol–water partition coefficient (Wildman–Crippen LogP) is 8.53. The van der Waals surface area contributed by atoms with Gasteiger partial charge in [0.25, 0.3) is 0 Å². The van der Waals surface area contributed by atoms with Crippen LogP contribution in [0.1, 0.15) is 163 Å². The fraction of sp³-hybridized carbons (Fsp3) is 1.00. The van der Waals surface area contributed by atoms with Crippen LogP contribution in [0, 0.1) is 5.92 Å². The average Bonchev–Trinajstić information content (AvgIpc) is 2.75. The van der Waals surface area contributed by atoms with Crippen LogP contribution >= 0.6 is 7.26 Å². The van der Waals surface area contributed by atoms with Crippen molar-refractivity contribution < 1.29 is 12.4 Å². The molecule has 0 rings (SSSR count). The summed E-state index contributed by atoms with van der Waals surface area (Å²) in [6.07, 6.45) is 35.8. The highest BCUT2D eigenvalue weighted by Gasteiger charge is 2.34. The quantitative estimate of drug-likeness (QED) is 0.0887. The molecular weight excluding hydrogens is 427 g/mol. The SMILES string of the molecule is CCCCCCCCCCCC[P+](CC)(CCCCCCCCCCCC)CC(C)C.[Cl-]. The Morgan fingerprint density at radius 3 is 0.969 bits per heavy atom. The predicted molar refractivity (Wildman–Crippen MR) is 151 cm³/mol. The zero-order valence-corrected chi connectivity index (χ0v) is 25.0. The molecule has 0 aromatic rings. The first-order chi connectivity index (χ1) is 15.1. The summed E-state index contributed by atoms with van der Waals surface area (Å²) in [4.78, 5) is 0. The highest BCUT2D eigenvalue weighted by molar-refractivity contribution is 7.75.